The Hall–Kier alpha value is -1.14. The monoisotopic (exact) mass is 307 g/mol. The number of carbonyl (C=O) groups is 1. The minimum absolute atomic E-state index is 0.146. The van der Waals surface area contributed by atoms with Gasteiger partial charge in [-0.1, -0.05) is 11.6 Å². The molecule has 1 rings (SSSR count). The molecule has 0 bridgehead atoms. The van der Waals surface area contributed by atoms with Crippen molar-refractivity contribution in [2.75, 3.05) is 7.11 Å². The number of methoxy groups -OCH3 is 1. The summed E-state index contributed by atoms with van der Waals surface area (Å²) in [6.45, 7) is 0. The Morgan fingerprint density at radius 3 is 2.75 bits per heavy atom. The number of hydrogen-bond acceptors (Lipinski definition) is 4. The summed E-state index contributed by atoms with van der Waals surface area (Å²) >= 11 is 9.02. The lowest BCUT2D eigenvalue weighted by Gasteiger charge is -2.05. The minimum Gasteiger partial charge on any atom is -0.469 e. The first-order valence-corrected chi connectivity index (χ1v) is 5.32. The number of ether oxygens (including phenoxy) is 1. The van der Waals surface area contributed by atoms with Crippen LogP contribution in [0, 0.1) is 10.1 Å². The lowest BCUT2D eigenvalue weighted by Crippen LogP contribution is -2.07. The van der Waals surface area contributed by atoms with E-state index in [-0.39, 0.29) is 22.7 Å². The summed E-state index contributed by atoms with van der Waals surface area (Å²) in [5.41, 5.74) is -0.0495. The van der Waals surface area contributed by atoms with Crippen LogP contribution in [0.3, 0.4) is 0 Å². The maximum Gasteiger partial charge on any atom is 0.310 e. The molecule has 5 nitrogen and oxygen atoms in total. The third kappa shape index (κ3) is 2.70. The molecule has 7 heteroatoms. The van der Waals surface area contributed by atoms with Gasteiger partial charge in [0.1, 0.15) is 0 Å². The Balaban J connectivity index is 3.26. The minimum atomic E-state index is -0.587. The first-order chi connectivity index (χ1) is 7.47. The number of rotatable bonds is 3. The van der Waals surface area contributed by atoms with Crippen molar-refractivity contribution in [2.24, 2.45) is 0 Å². The third-order valence-corrected chi connectivity index (χ3v) is 3.24. The van der Waals surface area contributed by atoms with E-state index < -0.39 is 10.9 Å². The molecule has 1 aromatic carbocycles. The highest BCUT2D eigenvalue weighted by atomic mass is 79.9. The van der Waals surface area contributed by atoms with Crippen molar-refractivity contribution in [1.29, 1.82) is 0 Å². The normalized spacial score (nSPS) is 9.94. The van der Waals surface area contributed by atoms with Gasteiger partial charge < -0.3 is 4.74 Å². The SMILES string of the molecule is COC(=O)Cc1c([N+](=O)[O-])ccc(Br)c1Cl. The summed E-state index contributed by atoms with van der Waals surface area (Å²) < 4.78 is 4.95. The largest absolute Gasteiger partial charge is 0.469 e. The number of nitrogens with zero attached hydrogens (tertiary/aromatic N) is 1. The smallest absolute Gasteiger partial charge is 0.310 e. The average Bonchev–Trinajstić information content (AvgIpc) is 2.24. The van der Waals surface area contributed by atoms with Gasteiger partial charge in [-0.05, 0) is 22.0 Å². The Morgan fingerprint density at radius 1 is 1.62 bits per heavy atom. The van der Waals surface area contributed by atoms with Crippen molar-refractivity contribution in [1.82, 2.24) is 0 Å². The predicted octanol–water partition coefficient (Wildman–Crippen LogP) is 2.73. The molecule has 0 unspecified atom stereocenters. The first kappa shape index (κ1) is 12.9. The van der Waals surface area contributed by atoms with Crippen molar-refractivity contribution < 1.29 is 14.5 Å². The van der Waals surface area contributed by atoms with E-state index in [0.717, 1.165) is 0 Å². The summed E-state index contributed by atoms with van der Waals surface area (Å²) in [6.07, 6.45) is -0.231. The van der Waals surface area contributed by atoms with Crippen LogP contribution in [0.1, 0.15) is 5.56 Å². The van der Waals surface area contributed by atoms with Gasteiger partial charge in [0.05, 0.1) is 29.0 Å². The summed E-state index contributed by atoms with van der Waals surface area (Å²) in [7, 11) is 1.21. The Bertz CT molecular complexity index is 449. The van der Waals surface area contributed by atoms with Gasteiger partial charge in [-0.3, -0.25) is 14.9 Å². The van der Waals surface area contributed by atoms with E-state index in [1.807, 2.05) is 0 Å². The maximum absolute atomic E-state index is 11.1. The van der Waals surface area contributed by atoms with Crippen LogP contribution in [0.15, 0.2) is 16.6 Å². The van der Waals surface area contributed by atoms with Crippen LogP contribution in [0.4, 0.5) is 5.69 Å². The van der Waals surface area contributed by atoms with E-state index in [4.69, 9.17) is 11.6 Å². The molecule has 0 N–H and O–H groups in total. The molecule has 0 aromatic heterocycles. The Kier molecular flexibility index (Phi) is 4.26. The molecule has 0 aliphatic heterocycles. The zero-order valence-electron chi connectivity index (χ0n) is 8.20. The fraction of sp³-hybridized carbons (Fsp3) is 0.222. The molecule has 0 amide bonds. The maximum atomic E-state index is 11.1. The molecule has 0 radical (unpaired) electrons. The molecule has 1 aromatic rings. The van der Waals surface area contributed by atoms with Crippen LogP contribution in [0.5, 0.6) is 0 Å². The highest BCUT2D eigenvalue weighted by Gasteiger charge is 2.21. The predicted molar refractivity (Wildman–Crippen MR) is 61.5 cm³/mol. The zero-order chi connectivity index (χ0) is 12.3. The van der Waals surface area contributed by atoms with E-state index >= 15 is 0 Å². The van der Waals surface area contributed by atoms with Gasteiger partial charge in [-0.2, -0.15) is 0 Å². The lowest BCUT2D eigenvalue weighted by atomic mass is 10.1. The standard InChI is InChI=1S/C9H7BrClNO4/c1-16-8(13)4-5-7(12(14)15)3-2-6(10)9(5)11/h2-3H,4H2,1H3. The van der Waals surface area contributed by atoms with Gasteiger partial charge in [0.15, 0.2) is 0 Å². The van der Waals surface area contributed by atoms with Crippen LogP contribution >= 0.6 is 27.5 Å². The third-order valence-electron chi connectivity index (χ3n) is 1.92. The van der Waals surface area contributed by atoms with Gasteiger partial charge in [-0.25, -0.2) is 0 Å². The second-order valence-electron chi connectivity index (χ2n) is 2.87. The molecule has 0 saturated carbocycles. The molecule has 0 atom stereocenters. The van der Waals surface area contributed by atoms with E-state index in [0.29, 0.717) is 4.47 Å². The summed E-state index contributed by atoms with van der Waals surface area (Å²) in [6, 6.07) is 2.75. The van der Waals surface area contributed by atoms with Crippen LogP contribution in [0.2, 0.25) is 5.02 Å². The summed E-state index contributed by atoms with van der Waals surface area (Å²) in [5, 5.41) is 10.9. The summed E-state index contributed by atoms with van der Waals surface area (Å²) in [5.74, 6) is -0.580. The zero-order valence-corrected chi connectivity index (χ0v) is 10.5. The van der Waals surface area contributed by atoms with E-state index in [1.54, 1.807) is 0 Å². The number of nitro groups is 1. The Morgan fingerprint density at radius 2 is 2.25 bits per heavy atom. The van der Waals surface area contributed by atoms with E-state index in [2.05, 4.69) is 20.7 Å². The number of esters is 1. The second-order valence-corrected chi connectivity index (χ2v) is 4.10. The molecule has 0 aliphatic rings. The fourth-order valence-electron chi connectivity index (χ4n) is 1.14. The number of halogens is 2. The van der Waals surface area contributed by atoms with Gasteiger partial charge in [-0.15, -0.1) is 0 Å². The van der Waals surface area contributed by atoms with Crippen molar-refractivity contribution in [3.05, 3.63) is 37.3 Å². The molecular formula is C9H7BrClNO4. The molecule has 86 valence electrons. The van der Waals surface area contributed by atoms with Crippen molar-refractivity contribution >= 4 is 39.2 Å². The molecule has 0 aliphatic carbocycles. The lowest BCUT2D eigenvalue weighted by molar-refractivity contribution is -0.385. The van der Waals surface area contributed by atoms with Gasteiger partial charge in [0, 0.05) is 10.5 Å². The van der Waals surface area contributed by atoms with E-state index in [1.165, 1.54) is 19.2 Å². The molecule has 0 spiro atoms. The quantitative estimate of drug-likeness (QED) is 0.489. The molecule has 16 heavy (non-hydrogen) atoms. The van der Waals surface area contributed by atoms with Gasteiger partial charge in [0.2, 0.25) is 0 Å². The molecule has 0 fully saturated rings. The number of nitro benzene ring substituents is 1. The fourth-order valence-corrected chi connectivity index (χ4v) is 1.74. The average molecular weight is 309 g/mol. The van der Waals surface area contributed by atoms with Crippen LogP contribution in [-0.4, -0.2) is 18.0 Å². The second kappa shape index (κ2) is 5.27. The van der Waals surface area contributed by atoms with E-state index in [9.17, 15) is 14.9 Å². The molecular weight excluding hydrogens is 301 g/mol. The van der Waals surface area contributed by atoms with Gasteiger partial charge >= 0.3 is 5.97 Å². The van der Waals surface area contributed by atoms with Crippen molar-refractivity contribution in [3.63, 3.8) is 0 Å². The highest BCUT2D eigenvalue weighted by molar-refractivity contribution is 9.10. The Labute approximate surface area is 105 Å². The number of carbonyl (C=O) groups excluding carboxylic acids is 1. The van der Waals surface area contributed by atoms with Gasteiger partial charge in [0.25, 0.3) is 5.69 Å². The van der Waals surface area contributed by atoms with Crippen molar-refractivity contribution in [2.45, 2.75) is 6.42 Å². The molecule has 0 heterocycles. The first-order valence-electron chi connectivity index (χ1n) is 4.15. The molecule has 0 saturated heterocycles. The summed E-state index contributed by atoms with van der Waals surface area (Å²) in [4.78, 5) is 21.2. The topological polar surface area (TPSA) is 69.4 Å². The van der Waals surface area contributed by atoms with Crippen molar-refractivity contribution in [3.8, 4) is 0 Å². The van der Waals surface area contributed by atoms with Crippen LogP contribution < -0.4 is 0 Å². The van der Waals surface area contributed by atoms with Crippen LogP contribution in [-0.2, 0) is 16.0 Å². The number of hydrogen-bond donors (Lipinski definition) is 0. The number of benzene rings is 1. The highest BCUT2D eigenvalue weighted by Crippen LogP contribution is 2.33. The van der Waals surface area contributed by atoms with Crippen LogP contribution in [0.25, 0.3) is 0 Å².